The van der Waals surface area contributed by atoms with Crippen LogP contribution in [0, 0.1) is 5.92 Å². The minimum atomic E-state index is 0.0883. The average Bonchev–Trinajstić information content (AvgIpc) is 2.93. The summed E-state index contributed by atoms with van der Waals surface area (Å²) in [6.07, 6.45) is 6.24. The second-order valence-corrected chi connectivity index (χ2v) is 9.91. The number of amides is 1. The van der Waals surface area contributed by atoms with Crippen molar-refractivity contribution < 1.29 is 9.53 Å². The van der Waals surface area contributed by atoms with Gasteiger partial charge in [-0.3, -0.25) is 9.69 Å². The number of aromatic nitrogens is 3. The summed E-state index contributed by atoms with van der Waals surface area (Å²) < 4.78 is 5.65. The van der Waals surface area contributed by atoms with Gasteiger partial charge >= 0.3 is 0 Å². The molecule has 0 unspecified atom stereocenters. The number of piperidine rings is 1. The standard InChI is InChI=1S/C28H35N7O2/c1-33-13-4-14-34(2)27(36)20-10-15-35(16-11-20)19-22-17-23(6-7-25(22)37-3)31-28-29-12-9-24(32-28)21-5-8-26(33)30-18-21/h5-9,12,17-18,20H,4,10-11,13-16,19H2,1-3H3,(H,29,31,32). The number of rotatable bonds is 1. The zero-order valence-electron chi connectivity index (χ0n) is 21.9. The van der Waals surface area contributed by atoms with Crippen LogP contribution in [0.2, 0.25) is 0 Å². The molecule has 9 nitrogen and oxygen atoms in total. The highest BCUT2D eigenvalue weighted by atomic mass is 16.5. The van der Waals surface area contributed by atoms with Gasteiger partial charge in [0.15, 0.2) is 0 Å². The molecule has 0 aliphatic carbocycles. The summed E-state index contributed by atoms with van der Waals surface area (Å²) in [7, 11) is 5.67. The molecule has 5 aliphatic heterocycles. The Labute approximate surface area is 218 Å². The zero-order chi connectivity index (χ0) is 25.8. The summed E-state index contributed by atoms with van der Waals surface area (Å²) in [5.41, 5.74) is 3.72. The van der Waals surface area contributed by atoms with Crippen LogP contribution >= 0.6 is 0 Å². The summed E-state index contributed by atoms with van der Waals surface area (Å²) in [4.78, 5) is 33.3. The van der Waals surface area contributed by atoms with Crippen LogP contribution in [0.1, 0.15) is 24.8 Å². The van der Waals surface area contributed by atoms with Crippen molar-refractivity contribution in [1.82, 2.24) is 24.8 Å². The number of carbonyl (C=O) groups excluding carboxylic acids is 1. The van der Waals surface area contributed by atoms with Gasteiger partial charge in [0.1, 0.15) is 11.6 Å². The van der Waals surface area contributed by atoms with Gasteiger partial charge in [0.05, 0.1) is 12.8 Å². The molecule has 1 fully saturated rings. The zero-order valence-corrected chi connectivity index (χ0v) is 21.9. The summed E-state index contributed by atoms with van der Waals surface area (Å²) in [6.45, 7) is 4.10. The molecule has 8 bridgehead atoms. The van der Waals surface area contributed by atoms with Gasteiger partial charge in [0.2, 0.25) is 11.9 Å². The van der Waals surface area contributed by atoms with Gasteiger partial charge in [0.25, 0.3) is 0 Å². The number of anilines is 3. The molecule has 1 N–H and O–H groups in total. The molecule has 0 atom stereocenters. The summed E-state index contributed by atoms with van der Waals surface area (Å²) >= 11 is 0. The molecular formula is C28H35N7O2. The van der Waals surface area contributed by atoms with Crippen molar-refractivity contribution in [3.8, 4) is 17.0 Å². The number of benzene rings is 1. The molecule has 7 heterocycles. The highest BCUT2D eigenvalue weighted by Crippen LogP contribution is 2.28. The third-order valence-electron chi connectivity index (χ3n) is 7.32. The van der Waals surface area contributed by atoms with E-state index in [4.69, 9.17) is 9.72 Å². The van der Waals surface area contributed by atoms with Gasteiger partial charge < -0.3 is 19.9 Å². The molecule has 1 saturated heterocycles. The van der Waals surface area contributed by atoms with Crippen LogP contribution in [0.25, 0.3) is 11.3 Å². The van der Waals surface area contributed by atoms with E-state index in [-0.39, 0.29) is 11.8 Å². The van der Waals surface area contributed by atoms with E-state index in [0.29, 0.717) is 5.95 Å². The number of nitrogens with one attached hydrogen (secondary N) is 1. The monoisotopic (exact) mass is 501 g/mol. The Kier molecular flexibility index (Phi) is 7.50. The molecule has 1 aromatic carbocycles. The lowest BCUT2D eigenvalue weighted by Gasteiger charge is -2.33. The lowest BCUT2D eigenvalue weighted by molar-refractivity contribution is -0.135. The minimum Gasteiger partial charge on any atom is -0.496 e. The topological polar surface area (TPSA) is 86.7 Å². The van der Waals surface area contributed by atoms with Gasteiger partial charge in [0, 0.05) is 68.9 Å². The molecule has 9 heteroatoms. The van der Waals surface area contributed by atoms with Crippen molar-refractivity contribution in [2.75, 3.05) is 57.6 Å². The van der Waals surface area contributed by atoms with Crippen molar-refractivity contribution in [3.63, 3.8) is 0 Å². The Hall–Kier alpha value is -3.72. The highest BCUT2D eigenvalue weighted by Gasteiger charge is 2.27. The van der Waals surface area contributed by atoms with E-state index >= 15 is 0 Å². The first-order valence-corrected chi connectivity index (χ1v) is 12.9. The summed E-state index contributed by atoms with van der Waals surface area (Å²) in [6, 6.07) is 12.0. The van der Waals surface area contributed by atoms with Crippen LogP contribution in [0.4, 0.5) is 17.5 Å². The van der Waals surface area contributed by atoms with Crippen LogP contribution in [0.5, 0.6) is 5.75 Å². The summed E-state index contributed by atoms with van der Waals surface area (Å²) in [5, 5.41) is 3.35. The van der Waals surface area contributed by atoms with E-state index in [1.54, 1.807) is 13.3 Å². The lowest BCUT2D eigenvalue weighted by Crippen LogP contribution is -2.41. The van der Waals surface area contributed by atoms with Gasteiger partial charge in [-0.05, 0) is 68.8 Å². The van der Waals surface area contributed by atoms with Crippen LogP contribution < -0.4 is 15.0 Å². The summed E-state index contributed by atoms with van der Waals surface area (Å²) in [5.74, 6) is 2.62. The molecule has 0 radical (unpaired) electrons. The predicted molar refractivity (Wildman–Crippen MR) is 145 cm³/mol. The molecule has 2 aromatic heterocycles. The predicted octanol–water partition coefficient (Wildman–Crippen LogP) is 3.80. The first kappa shape index (κ1) is 25.0. The van der Waals surface area contributed by atoms with Gasteiger partial charge in [-0.15, -0.1) is 0 Å². The number of pyridine rings is 1. The SMILES string of the molecule is COc1ccc2cc1CN1CCC(CC1)C(=O)N(C)CCCN(C)c1ccc(cn1)-c1ccnc(n1)N2. The van der Waals surface area contributed by atoms with E-state index in [0.717, 1.165) is 86.1 Å². The molecule has 5 aliphatic rings. The third kappa shape index (κ3) is 5.83. The van der Waals surface area contributed by atoms with Crippen molar-refractivity contribution in [3.05, 3.63) is 54.4 Å². The molecule has 0 saturated carbocycles. The number of nitrogens with zero attached hydrogens (tertiary/aromatic N) is 6. The lowest BCUT2D eigenvalue weighted by atomic mass is 9.95. The number of carbonyl (C=O) groups is 1. The fourth-order valence-corrected chi connectivity index (χ4v) is 5.11. The Bertz CT molecular complexity index is 1230. The second kappa shape index (κ2) is 11.1. The molecule has 37 heavy (non-hydrogen) atoms. The van der Waals surface area contributed by atoms with E-state index in [2.05, 4.69) is 31.2 Å². The first-order chi connectivity index (χ1) is 18.0. The van der Waals surface area contributed by atoms with E-state index in [1.807, 2.05) is 55.5 Å². The first-order valence-electron chi connectivity index (χ1n) is 12.9. The Morgan fingerprint density at radius 2 is 1.78 bits per heavy atom. The Morgan fingerprint density at radius 3 is 2.54 bits per heavy atom. The fourth-order valence-electron chi connectivity index (χ4n) is 5.11. The van der Waals surface area contributed by atoms with Crippen molar-refractivity contribution in [1.29, 1.82) is 0 Å². The number of methoxy groups -OCH3 is 1. The van der Waals surface area contributed by atoms with Crippen LogP contribution in [0.3, 0.4) is 0 Å². The van der Waals surface area contributed by atoms with E-state index < -0.39 is 0 Å². The van der Waals surface area contributed by atoms with Crippen molar-refractivity contribution in [2.45, 2.75) is 25.8 Å². The Balaban J connectivity index is 1.44. The van der Waals surface area contributed by atoms with Crippen LogP contribution in [-0.4, -0.2) is 78.0 Å². The fraction of sp³-hybridized carbons (Fsp3) is 0.429. The van der Waals surface area contributed by atoms with Crippen LogP contribution in [0.15, 0.2) is 48.8 Å². The largest absolute Gasteiger partial charge is 0.496 e. The van der Waals surface area contributed by atoms with E-state index in [1.165, 1.54) is 0 Å². The maximum Gasteiger partial charge on any atom is 0.227 e. The second-order valence-electron chi connectivity index (χ2n) is 9.91. The highest BCUT2D eigenvalue weighted by molar-refractivity contribution is 5.78. The van der Waals surface area contributed by atoms with Gasteiger partial charge in [-0.1, -0.05) is 0 Å². The number of ether oxygens (including phenoxy) is 1. The number of hydrogen-bond donors (Lipinski definition) is 1. The normalized spacial score (nSPS) is 20.7. The Morgan fingerprint density at radius 1 is 0.973 bits per heavy atom. The van der Waals surface area contributed by atoms with Gasteiger partial charge in [-0.25, -0.2) is 15.0 Å². The molecule has 8 rings (SSSR count). The third-order valence-corrected chi connectivity index (χ3v) is 7.32. The van der Waals surface area contributed by atoms with Crippen molar-refractivity contribution in [2.24, 2.45) is 5.92 Å². The number of hydrogen-bond acceptors (Lipinski definition) is 8. The molecule has 1 amide bonds. The quantitative estimate of drug-likeness (QED) is 0.539. The molecular weight excluding hydrogens is 466 g/mol. The van der Waals surface area contributed by atoms with Crippen LogP contribution in [-0.2, 0) is 11.3 Å². The maximum absolute atomic E-state index is 13.1. The minimum absolute atomic E-state index is 0.0883. The van der Waals surface area contributed by atoms with Crippen molar-refractivity contribution >= 4 is 23.4 Å². The maximum atomic E-state index is 13.1. The van der Waals surface area contributed by atoms with E-state index in [9.17, 15) is 4.79 Å². The molecule has 3 aromatic rings. The molecule has 194 valence electrons. The van der Waals surface area contributed by atoms with Gasteiger partial charge in [-0.2, -0.15) is 0 Å². The average molecular weight is 502 g/mol. The molecule has 0 spiro atoms. The smallest absolute Gasteiger partial charge is 0.227 e.